The van der Waals surface area contributed by atoms with Gasteiger partial charge in [-0.15, -0.1) is 0 Å². The van der Waals surface area contributed by atoms with E-state index < -0.39 is 17.5 Å². The van der Waals surface area contributed by atoms with Crippen LogP contribution in [0.1, 0.15) is 46.5 Å². The van der Waals surface area contributed by atoms with Gasteiger partial charge in [0.1, 0.15) is 5.60 Å². The number of aliphatic carboxylic acids is 1. The highest BCUT2D eigenvalue weighted by molar-refractivity contribution is 5.75. The summed E-state index contributed by atoms with van der Waals surface area (Å²) in [5.41, 5.74) is -0.535. The van der Waals surface area contributed by atoms with Crippen molar-refractivity contribution in [2.45, 2.75) is 64.1 Å². The first-order chi connectivity index (χ1) is 8.29. The number of nitrogens with zero attached hydrogens (tertiary/aromatic N) is 1. The van der Waals surface area contributed by atoms with Gasteiger partial charge >= 0.3 is 12.1 Å². The van der Waals surface area contributed by atoms with Gasteiger partial charge in [-0.05, 0) is 46.5 Å². The summed E-state index contributed by atoms with van der Waals surface area (Å²) in [5.74, 6) is -1.23. The van der Waals surface area contributed by atoms with E-state index in [-0.39, 0.29) is 18.2 Å². The molecule has 0 aromatic heterocycles. The Morgan fingerprint density at radius 1 is 1.17 bits per heavy atom. The maximum absolute atomic E-state index is 12.2. The zero-order valence-corrected chi connectivity index (χ0v) is 11.2. The summed E-state index contributed by atoms with van der Waals surface area (Å²) < 4.78 is 5.38. The van der Waals surface area contributed by atoms with Crippen LogP contribution in [-0.2, 0) is 9.53 Å². The van der Waals surface area contributed by atoms with Gasteiger partial charge in [0.2, 0.25) is 0 Å². The second-order valence-corrected chi connectivity index (χ2v) is 6.21. The maximum Gasteiger partial charge on any atom is 0.410 e. The molecule has 2 rings (SSSR count). The summed E-state index contributed by atoms with van der Waals surface area (Å²) in [5, 5.41) is 9.21. The molecule has 2 fully saturated rings. The monoisotopic (exact) mass is 255 g/mol. The second-order valence-electron chi connectivity index (χ2n) is 6.21. The number of rotatable bonds is 1. The average molecular weight is 255 g/mol. The zero-order chi connectivity index (χ0) is 13.5. The van der Waals surface area contributed by atoms with E-state index in [0.717, 1.165) is 19.3 Å². The zero-order valence-electron chi connectivity index (χ0n) is 11.2. The lowest BCUT2D eigenvalue weighted by atomic mass is 9.90. The van der Waals surface area contributed by atoms with Crippen LogP contribution in [0.3, 0.4) is 0 Å². The summed E-state index contributed by atoms with van der Waals surface area (Å²) in [6.45, 7) is 5.47. The highest BCUT2D eigenvalue weighted by atomic mass is 16.6. The number of piperidine rings is 1. The molecule has 5 nitrogen and oxygen atoms in total. The number of hydrogen-bond donors (Lipinski definition) is 1. The summed E-state index contributed by atoms with van der Waals surface area (Å²) in [6.07, 6.45) is 2.76. The predicted molar refractivity (Wildman–Crippen MR) is 65.2 cm³/mol. The second kappa shape index (κ2) is 4.44. The van der Waals surface area contributed by atoms with E-state index >= 15 is 0 Å². The molecule has 0 aromatic carbocycles. The minimum absolute atomic E-state index is 0.167. The van der Waals surface area contributed by atoms with E-state index in [2.05, 4.69) is 0 Å². The molecule has 2 bridgehead atoms. The molecule has 2 aliphatic heterocycles. The Hall–Kier alpha value is -1.26. The van der Waals surface area contributed by atoms with Crippen LogP contribution in [0.15, 0.2) is 0 Å². The van der Waals surface area contributed by atoms with Gasteiger partial charge in [-0.25, -0.2) is 4.79 Å². The van der Waals surface area contributed by atoms with Crippen molar-refractivity contribution < 1.29 is 19.4 Å². The number of ether oxygens (including phenoxy) is 1. The molecule has 2 aliphatic rings. The van der Waals surface area contributed by atoms with Crippen LogP contribution in [0.4, 0.5) is 4.79 Å². The lowest BCUT2D eigenvalue weighted by Gasteiger charge is -2.38. The number of carboxylic acids is 1. The first kappa shape index (κ1) is 13.2. The Balaban J connectivity index is 2.13. The van der Waals surface area contributed by atoms with E-state index in [9.17, 15) is 14.7 Å². The van der Waals surface area contributed by atoms with E-state index in [1.807, 2.05) is 20.8 Å². The molecule has 102 valence electrons. The van der Waals surface area contributed by atoms with Crippen molar-refractivity contribution in [1.82, 2.24) is 4.90 Å². The molecule has 2 heterocycles. The van der Waals surface area contributed by atoms with E-state index in [0.29, 0.717) is 6.42 Å². The molecule has 0 aromatic rings. The number of amides is 1. The third kappa shape index (κ3) is 2.44. The van der Waals surface area contributed by atoms with Crippen LogP contribution in [0, 0.1) is 5.92 Å². The van der Waals surface area contributed by atoms with Crippen LogP contribution in [0.25, 0.3) is 0 Å². The molecule has 1 amide bonds. The van der Waals surface area contributed by atoms with Gasteiger partial charge in [-0.1, -0.05) is 0 Å². The van der Waals surface area contributed by atoms with Gasteiger partial charge in [-0.3, -0.25) is 4.79 Å². The first-order valence-electron chi connectivity index (χ1n) is 6.54. The lowest BCUT2D eigenvalue weighted by Crippen LogP contribution is -2.51. The number of carboxylic acid groups (broad SMARTS) is 1. The smallest absolute Gasteiger partial charge is 0.410 e. The number of hydrogen-bond acceptors (Lipinski definition) is 3. The van der Waals surface area contributed by atoms with Crippen LogP contribution < -0.4 is 0 Å². The summed E-state index contributed by atoms with van der Waals surface area (Å²) >= 11 is 0. The fourth-order valence-electron chi connectivity index (χ4n) is 3.04. The summed E-state index contributed by atoms with van der Waals surface area (Å²) in [6, 6.07) is -0.0171. The number of carbonyl (C=O) groups is 2. The van der Waals surface area contributed by atoms with Crippen LogP contribution >= 0.6 is 0 Å². The summed E-state index contributed by atoms with van der Waals surface area (Å²) in [7, 11) is 0. The van der Waals surface area contributed by atoms with Crippen LogP contribution in [-0.4, -0.2) is 39.8 Å². The minimum atomic E-state index is -0.797. The van der Waals surface area contributed by atoms with Gasteiger partial charge < -0.3 is 14.7 Å². The molecule has 0 spiro atoms. The van der Waals surface area contributed by atoms with E-state index in [4.69, 9.17) is 4.74 Å². The molecule has 0 radical (unpaired) electrons. The van der Waals surface area contributed by atoms with Crippen LogP contribution in [0.2, 0.25) is 0 Å². The third-order valence-electron chi connectivity index (χ3n) is 3.74. The van der Waals surface area contributed by atoms with Crippen molar-refractivity contribution in [3.8, 4) is 0 Å². The quantitative estimate of drug-likeness (QED) is 0.780. The molecule has 2 saturated heterocycles. The standard InChI is InChI=1S/C13H21NO4/c1-13(2,3)18-12(17)14-8-4-6-9(11(15)16)10(14)7-5-8/h8-10H,4-7H2,1-3H3,(H,15,16)/t8-,9+,10-/m0/s1. The Morgan fingerprint density at radius 3 is 2.33 bits per heavy atom. The normalized spacial score (nSPS) is 31.3. The number of carbonyl (C=O) groups excluding carboxylic acids is 1. The molecule has 1 N–H and O–H groups in total. The molecular formula is C13H21NO4. The van der Waals surface area contributed by atoms with Gasteiger partial charge in [0.25, 0.3) is 0 Å². The molecular weight excluding hydrogens is 234 g/mol. The highest BCUT2D eigenvalue weighted by Gasteiger charge is 2.48. The third-order valence-corrected chi connectivity index (χ3v) is 3.74. The van der Waals surface area contributed by atoms with Crippen molar-refractivity contribution in [3.05, 3.63) is 0 Å². The molecule has 5 heteroatoms. The molecule has 0 saturated carbocycles. The molecule has 18 heavy (non-hydrogen) atoms. The van der Waals surface area contributed by atoms with E-state index in [1.54, 1.807) is 4.90 Å². The minimum Gasteiger partial charge on any atom is -0.481 e. The van der Waals surface area contributed by atoms with Crippen molar-refractivity contribution in [2.75, 3.05) is 0 Å². The van der Waals surface area contributed by atoms with E-state index in [1.165, 1.54) is 0 Å². The Bertz CT molecular complexity index is 360. The number of fused-ring (bicyclic) bond motifs is 2. The Morgan fingerprint density at radius 2 is 1.78 bits per heavy atom. The molecule has 0 aliphatic carbocycles. The van der Waals surface area contributed by atoms with Crippen molar-refractivity contribution in [1.29, 1.82) is 0 Å². The Kier molecular flexibility index (Phi) is 3.25. The topological polar surface area (TPSA) is 66.8 Å². The summed E-state index contributed by atoms with van der Waals surface area (Å²) in [4.78, 5) is 25.0. The lowest BCUT2D eigenvalue weighted by molar-refractivity contribution is -0.145. The predicted octanol–water partition coefficient (Wildman–Crippen LogP) is 2.25. The van der Waals surface area contributed by atoms with Crippen molar-refractivity contribution in [3.63, 3.8) is 0 Å². The van der Waals surface area contributed by atoms with Crippen molar-refractivity contribution >= 4 is 12.1 Å². The first-order valence-corrected chi connectivity index (χ1v) is 6.54. The van der Waals surface area contributed by atoms with Gasteiger partial charge in [-0.2, -0.15) is 0 Å². The maximum atomic E-state index is 12.2. The average Bonchev–Trinajstić information content (AvgIpc) is 2.49. The fourth-order valence-corrected chi connectivity index (χ4v) is 3.04. The fraction of sp³-hybridized carbons (Fsp3) is 0.846. The van der Waals surface area contributed by atoms with Gasteiger partial charge in [0.15, 0.2) is 0 Å². The molecule has 0 unspecified atom stereocenters. The Labute approximate surface area is 107 Å². The SMILES string of the molecule is CC(C)(C)OC(=O)N1[C@H]2CC[C@@H](C(=O)O)[C@@H]1CC2. The van der Waals surface area contributed by atoms with Gasteiger partial charge in [0, 0.05) is 12.1 Å². The molecule has 3 atom stereocenters. The van der Waals surface area contributed by atoms with Crippen molar-refractivity contribution in [2.24, 2.45) is 5.92 Å². The highest BCUT2D eigenvalue weighted by Crippen LogP contribution is 2.40. The van der Waals surface area contributed by atoms with Crippen LogP contribution in [0.5, 0.6) is 0 Å². The van der Waals surface area contributed by atoms with Gasteiger partial charge in [0.05, 0.1) is 5.92 Å². The largest absolute Gasteiger partial charge is 0.481 e.